The summed E-state index contributed by atoms with van der Waals surface area (Å²) in [4.78, 5) is 18.4. The van der Waals surface area contributed by atoms with Gasteiger partial charge in [0, 0.05) is 17.8 Å². The summed E-state index contributed by atoms with van der Waals surface area (Å²) in [6.45, 7) is 5.26. The minimum absolute atomic E-state index is 0.0346. The van der Waals surface area contributed by atoms with Crippen molar-refractivity contribution in [3.63, 3.8) is 0 Å². The summed E-state index contributed by atoms with van der Waals surface area (Å²) >= 11 is 5.75. The average molecular weight is 294 g/mol. The fourth-order valence-corrected chi connectivity index (χ4v) is 2.08. The average Bonchev–Trinajstić information content (AvgIpc) is 2.30. The van der Waals surface area contributed by atoms with Crippen LogP contribution in [0.1, 0.15) is 16.8 Å². The highest BCUT2D eigenvalue weighted by atomic mass is 35.5. The Labute approximate surface area is 120 Å². The van der Waals surface area contributed by atoms with Crippen LogP contribution in [0.5, 0.6) is 11.6 Å². The molecule has 0 atom stereocenters. The Morgan fingerprint density at radius 3 is 2.50 bits per heavy atom. The Kier molecular flexibility index (Phi) is 3.85. The van der Waals surface area contributed by atoms with Gasteiger partial charge in [-0.25, -0.2) is 4.98 Å². The van der Waals surface area contributed by atoms with Gasteiger partial charge in [-0.2, -0.15) is 4.98 Å². The molecule has 0 bridgehead atoms. The van der Waals surface area contributed by atoms with E-state index in [9.17, 15) is 10.1 Å². The van der Waals surface area contributed by atoms with Crippen molar-refractivity contribution in [1.82, 2.24) is 9.97 Å². The topological polar surface area (TPSA) is 78.2 Å². The molecule has 0 unspecified atom stereocenters. The first-order valence-corrected chi connectivity index (χ1v) is 6.19. The maximum atomic E-state index is 11.1. The number of halogens is 1. The van der Waals surface area contributed by atoms with Crippen molar-refractivity contribution in [2.24, 2.45) is 0 Å². The minimum atomic E-state index is -0.481. The molecule has 0 saturated heterocycles. The van der Waals surface area contributed by atoms with E-state index in [-0.39, 0.29) is 22.6 Å². The lowest BCUT2D eigenvalue weighted by Gasteiger charge is -2.09. The van der Waals surface area contributed by atoms with E-state index in [0.29, 0.717) is 11.3 Å². The van der Waals surface area contributed by atoms with E-state index in [1.807, 2.05) is 0 Å². The van der Waals surface area contributed by atoms with Crippen LogP contribution in [-0.2, 0) is 0 Å². The summed E-state index contributed by atoms with van der Waals surface area (Å²) in [5.41, 5.74) is 1.96. The first-order valence-electron chi connectivity index (χ1n) is 5.81. The van der Waals surface area contributed by atoms with Crippen molar-refractivity contribution in [1.29, 1.82) is 0 Å². The van der Waals surface area contributed by atoms with Gasteiger partial charge in [-0.15, -0.1) is 0 Å². The minimum Gasteiger partial charge on any atom is -0.431 e. The third-order valence-electron chi connectivity index (χ3n) is 2.61. The molecule has 0 amide bonds. The van der Waals surface area contributed by atoms with Gasteiger partial charge in [-0.3, -0.25) is 10.1 Å². The molecule has 7 heteroatoms. The number of nitro groups is 1. The van der Waals surface area contributed by atoms with E-state index >= 15 is 0 Å². The molecule has 0 radical (unpaired) electrons. The van der Waals surface area contributed by atoms with Gasteiger partial charge < -0.3 is 4.74 Å². The van der Waals surface area contributed by atoms with Gasteiger partial charge in [-0.1, -0.05) is 6.07 Å². The Hall–Kier alpha value is -2.21. The number of hydrogen-bond donors (Lipinski definition) is 0. The zero-order chi connectivity index (χ0) is 14.9. The number of aryl methyl sites for hydroxylation is 3. The second kappa shape index (κ2) is 5.42. The summed E-state index contributed by atoms with van der Waals surface area (Å²) in [6.07, 6.45) is 0. The first kappa shape index (κ1) is 14.2. The summed E-state index contributed by atoms with van der Waals surface area (Å²) < 4.78 is 5.54. The third kappa shape index (κ3) is 3.03. The normalized spacial score (nSPS) is 10.4. The van der Waals surface area contributed by atoms with E-state index in [4.69, 9.17) is 16.3 Å². The highest BCUT2D eigenvalue weighted by Gasteiger charge is 2.20. The third-order valence-corrected chi connectivity index (χ3v) is 2.78. The molecule has 0 aliphatic rings. The van der Waals surface area contributed by atoms with Crippen LogP contribution in [0.25, 0.3) is 0 Å². The van der Waals surface area contributed by atoms with E-state index in [1.54, 1.807) is 32.9 Å². The van der Waals surface area contributed by atoms with E-state index < -0.39 is 4.92 Å². The Morgan fingerprint density at radius 1 is 1.20 bits per heavy atom. The fraction of sp³-hybridized carbons (Fsp3) is 0.231. The Bertz CT molecular complexity index is 669. The van der Waals surface area contributed by atoms with Crippen LogP contribution in [0.2, 0.25) is 5.28 Å². The predicted octanol–water partition coefficient (Wildman–Crippen LogP) is 3.76. The maximum Gasteiger partial charge on any atom is 0.312 e. The quantitative estimate of drug-likeness (QED) is 0.489. The molecular formula is C13H12ClN3O3. The fourth-order valence-electron chi connectivity index (χ4n) is 1.86. The van der Waals surface area contributed by atoms with Gasteiger partial charge in [0.1, 0.15) is 0 Å². The molecular weight excluding hydrogens is 282 g/mol. The monoisotopic (exact) mass is 293 g/mol. The molecule has 6 nitrogen and oxygen atoms in total. The van der Waals surface area contributed by atoms with Gasteiger partial charge >= 0.3 is 5.69 Å². The molecule has 1 aromatic carbocycles. The number of benzene rings is 1. The van der Waals surface area contributed by atoms with E-state index in [0.717, 1.165) is 5.56 Å². The molecule has 2 rings (SSSR count). The van der Waals surface area contributed by atoms with Crippen LogP contribution in [0.15, 0.2) is 18.2 Å². The molecule has 1 aromatic heterocycles. The molecule has 0 fully saturated rings. The second-order valence-corrected chi connectivity index (χ2v) is 4.74. The second-order valence-electron chi connectivity index (χ2n) is 4.41. The Morgan fingerprint density at radius 2 is 1.90 bits per heavy atom. The molecule has 0 aliphatic heterocycles. The molecule has 20 heavy (non-hydrogen) atoms. The lowest BCUT2D eigenvalue weighted by atomic mass is 10.1. The predicted molar refractivity (Wildman–Crippen MR) is 74.4 cm³/mol. The number of nitro benzene ring substituents is 1. The first-order chi connectivity index (χ1) is 9.36. The molecule has 2 aromatic rings. The van der Waals surface area contributed by atoms with Crippen molar-refractivity contribution >= 4 is 17.3 Å². The van der Waals surface area contributed by atoms with Gasteiger partial charge in [0.05, 0.1) is 4.92 Å². The number of hydrogen-bond acceptors (Lipinski definition) is 5. The summed E-state index contributed by atoms with van der Waals surface area (Å²) in [7, 11) is 0. The van der Waals surface area contributed by atoms with Crippen LogP contribution in [0, 0.1) is 30.9 Å². The van der Waals surface area contributed by atoms with Crippen LogP contribution in [-0.4, -0.2) is 14.9 Å². The van der Waals surface area contributed by atoms with Crippen LogP contribution >= 0.6 is 11.6 Å². The molecule has 0 N–H and O–H groups in total. The van der Waals surface area contributed by atoms with Crippen LogP contribution < -0.4 is 4.74 Å². The standard InChI is InChI=1S/C13H12ClN3O3/c1-7-4-8(2)12(10(5-7)17(18)19)20-11-6-9(3)15-13(14)16-11/h4-6H,1-3H3. The van der Waals surface area contributed by atoms with Crippen LogP contribution in [0.3, 0.4) is 0 Å². The molecule has 0 spiro atoms. The molecule has 0 aliphatic carbocycles. The number of rotatable bonds is 3. The number of ether oxygens (including phenoxy) is 1. The smallest absolute Gasteiger partial charge is 0.312 e. The van der Waals surface area contributed by atoms with E-state index in [1.165, 1.54) is 6.07 Å². The zero-order valence-electron chi connectivity index (χ0n) is 11.2. The zero-order valence-corrected chi connectivity index (χ0v) is 11.9. The lowest BCUT2D eigenvalue weighted by Crippen LogP contribution is -1.99. The van der Waals surface area contributed by atoms with Crippen molar-refractivity contribution in [3.8, 4) is 11.6 Å². The van der Waals surface area contributed by atoms with Gasteiger partial charge in [-0.05, 0) is 43.5 Å². The van der Waals surface area contributed by atoms with Gasteiger partial charge in [0.15, 0.2) is 0 Å². The highest BCUT2D eigenvalue weighted by Crippen LogP contribution is 2.35. The summed E-state index contributed by atoms with van der Waals surface area (Å²) in [6, 6.07) is 4.82. The maximum absolute atomic E-state index is 11.1. The SMILES string of the molecule is Cc1cc(C)c(Oc2cc(C)nc(Cl)n2)c([N+](=O)[O-])c1. The number of aromatic nitrogens is 2. The van der Waals surface area contributed by atoms with Gasteiger partial charge in [0.2, 0.25) is 16.9 Å². The van der Waals surface area contributed by atoms with Crippen LogP contribution in [0.4, 0.5) is 5.69 Å². The molecule has 1 heterocycles. The van der Waals surface area contributed by atoms with Crippen molar-refractivity contribution in [2.75, 3.05) is 0 Å². The summed E-state index contributed by atoms with van der Waals surface area (Å²) in [5.74, 6) is 0.340. The van der Waals surface area contributed by atoms with Crippen molar-refractivity contribution in [2.45, 2.75) is 20.8 Å². The Balaban J connectivity index is 2.50. The highest BCUT2D eigenvalue weighted by molar-refractivity contribution is 6.28. The largest absolute Gasteiger partial charge is 0.431 e. The molecule has 104 valence electrons. The number of nitrogens with zero attached hydrogens (tertiary/aromatic N) is 3. The van der Waals surface area contributed by atoms with Gasteiger partial charge in [0.25, 0.3) is 0 Å². The molecule has 0 saturated carbocycles. The van der Waals surface area contributed by atoms with Crippen molar-refractivity contribution < 1.29 is 9.66 Å². The van der Waals surface area contributed by atoms with E-state index in [2.05, 4.69) is 9.97 Å². The lowest BCUT2D eigenvalue weighted by molar-refractivity contribution is -0.385. The summed E-state index contributed by atoms with van der Waals surface area (Å²) in [5, 5.41) is 11.2. The van der Waals surface area contributed by atoms with Crippen molar-refractivity contribution in [3.05, 3.63) is 50.4 Å².